The van der Waals surface area contributed by atoms with Crippen molar-refractivity contribution in [1.82, 2.24) is 14.9 Å². The molecule has 1 aliphatic heterocycles. The molecule has 1 amide bonds. The number of carbonyl (C=O) groups excluding carboxylic acids is 1. The summed E-state index contributed by atoms with van der Waals surface area (Å²) in [6, 6.07) is 0.272. The van der Waals surface area contributed by atoms with Crippen molar-refractivity contribution in [3.63, 3.8) is 0 Å². The van der Waals surface area contributed by atoms with Crippen LogP contribution in [-0.2, 0) is 15.0 Å². The van der Waals surface area contributed by atoms with E-state index in [1.54, 1.807) is 4.90 Å². The van der Waals surface area contributed by atoms with Crippen molar-refractivity contribution in [2.24, 2.45) is 11.1 Å². The highest BCUT2D eigenvalue weighted by atomic mass is 32.2. The van der Waals surface area contributed by atoms with Gasteiger partial charge in [-0.1, -0.05) is 13.8 Å². The topological polar surface area (TPSA) is 105 Å². The summed E-state index contributed by atoms with van der Waals surface area (Å²) in [5.41, 5.74) is 0. The SMILES string of the molecule is CC(C)NCC(=O)N1CCCC(CNS(N)(=O)=O)C1. The monoisotopic (exact) mass is 292 g/mol. The fourth-order valence-corrected chi connectivity index (χ4v) is 2.56. The highest BCUT2D eigenvalue weighted by Crippen LogP contribution is 2.15. The van der Waals surface area contributed by atoms with E-state index in [9.17, 15) is 13.2 Å². The van der Waals surface area contributed by atoms with Crippen molar-refractivity contribution in [3.8, 4) is 0 Å². The molecule has 1 unspecified atom stereocenters. The maximum Gasteiger partial charge on any atom is 0.274 e. The van der Waals surface area contributed by atoms with Crippen LogP contribution in [0.4, 0.5) is 0 Å². The third kappa shape index (κ3) is 6.86. The van der Waals surface area contributed by atoms with Gasteiger partial charge in [0.25, 0.3) is 10.2 Å². The van der Waals surface area contributed by atoms with Crippen LogP contribution >= 0.6 is 0 Å². The van der Waals surface area contributed by atoms with Crippen molar-refractivity contribution in [3.05, 3.63) is 0 Å². The number of rotatable bonds is 6. The molecule has 19 heavy (non-hydrogen) atoms. The molecule has 0 spiro atoms. The Kier molecular flexibility index (Phi) is 6.18. The summed E-state index contributed by atoms with van der Waals surface area (Å²) in [5.74, 6) is 0.198. The summed E-state index contributed by atoms with van der Waals surface area (Å²) < 4.78 is 24.0. The number of piperidine rings is 1. The van der Waals surface area contributed by atoms with E-state index in [4.69, 9.17) is 5.14 Å². The first kappa shape index (κ1) is 16.4. The summed E-state index contributed by atoms with van der Waals surface area (Å²) >= 11 is 0. The maximum atomic E-state index is 11.9. The second kappa shape index (κ2) is 7.18. The maximum absolute atomic E-state index is 11.9. The van der Waals surface area contributed by atoms with E-state index in [1.807, 2.05) is 13.8 Å². The standard InChI is InChI=1S/C11H24N4O3S/c1-9(2)13-7-11(16)15-5-3-4-10(8-15)6-14-19(12,17)18/h9-10,13-14H,3-8H2,1-2H3,(H2,12,17,18). The van der Waals surface area contributed by atoms with Gasteiger partial charge < -0.3 is 10.2 Å². The largest absolute Gasteiger partial charge is 0.341 e. The van der Waals surface area contributed by atoms with Crippen molar-refractivity contribution >= 4 is 16.1 Å². The average molecular weight is 292 g/mol. The van der Waals surface area contributed by atoms with Crippen LogP contribution in [-0.4, -0.2) is 51.4 Å². The number of carbonyl (C=O) groups is 1. The average Bonchev–Trinajstić information content (AvgIpc) is 2.33. The van der Waals surface area contributed by atoms with Crippen molar-refractivity contribution in [2.45, 2.75) is 32.7 Å². The highest BCUT2D eigenvalue weighted by molar-refractivity contribution is 7.87. The fourth-order valence-electron chi connectivity index (χ4n) is 2.10. The van der Waals surface area contributed by atoms with Crippen molar-refractivity contribution < 1.29 is 13.2 Å². The van der Waals surface area contributed by atoms with Crippen LogP contribution < -0.4 is 15.2 Å². The normalized spacial score (nSPS) is 20.8. The van der Waals surface area contributed by atoms with Gasteiger partial charge in [0.05, 0.1) is 6.54 Å². The third-order valence-electron chi connectivity index (χ3n) is 3.11. The van der Waals surface area contributed by atoms with Gasteiger partial charge in [-0.15, -0.1) is 0 Å². The Hall–Kier alpha value is -0.700. The minimum atomic E-state index is -3.65. The molecule has 0 bridgehead atoms. The number of nitrogens with one attached hydrogen (secondary N) is 2. The van der Waals surface area contributed by atoms with Crippen LogP contribution in [0.15, 0.2) is 0 Å². The van der Waals surface area contributed by atoms with Gasteiger partial charge in [0.15, 0.2) is 0 Å². The molecular formula is C11H24N4O3S. The number of hydrogen-bond acceptors (Lipinski definition) is 4. The molecule has 1 aliphatic rings. The summed E-state index contributed by atoms with van der Waals surface area (Å²) in [6.45, 7) is 5.92. The van der Waals surface area contributed by atoms with E-state index in [-0.39, 0.29) is 17.9 Å². The Morgan fingerprint density at radius 3 is 2.74 bits per heavy atom. The smallest absolute Gasteiger partial charge is 0.274 e. The number of nitrogens with two attached hydrogens (primary N) is 1. The van der Waals surface area contributed by atoms with Crippen LogP contribution in [0.2, 0.25) is 0 Å². The molecule has 1 atom stereocenters. The molecule has 7 nitrogen and oxygen atoms in total. The van der Waals surface area contributed by atoms with E-state index in [0.717, 1.165) is 19.4 Å². The number of likely N-dealkylation sites (tertiary alicyclic amines) is 1. The predicted octanol–water partition coefficient (Wildman–Crippen LogP) is -0.984. The molecule has 1 saturated heterocycles. The number of hydrogen-bond donors (Lipinski definition) is 3. The van der Waals surface area contributed by atoms with Crippen molar-refractivity contribution in [1.29, 1.82) is 0 Å². The van der Waals surface area contributed by atoms with Gasteiger partial charge in [0.1, 0.15) is 0 Å². The molecule has 0 radical (unpaired) electrons. The van der Waals surface area contributed by atoms with E-state index in [2.05, 4.69) is 10.0 Å². The molecule has 1 fully saturated rings. The Balaban J connectivity index is 2.39. The molecule has 4 N–H and O–H groups in total. The molecule has 1 heterocycles. The zero-order valence-electron chi connectivity index (χ0n) is 11.6. The first-order valence-electron chi connectivity index (χ1n) is 6.56. The molecule has 8 heteroatoms. The lowest BCUT2D eigenvalue weighted by Crippen LogP contribution is -2.47. The van der Waals surface area contributed by atoms with Gasteiger partial charge in [0.2, 0.25) is 5.91 Å². The molecule has 0 aliphatic carbocycles. The number of amides is 1. The number of nitrogens with zero attached hydrogens (tertiary/aromatic N) is 1. The Morgan fingerprint density at radius 1 is 1.47 bits per heavy atom. The highest BCUT2D eigenvalue weighted by Gasteiger charge is 2.24. The van der Waals surface area contributed by atoms with Gasteiger partial charge in [-0.05, 0) is 18.8 Å². The van der Waals surface area contributed by atoms with E-state index >= 15 is 0 Å². The molecular weight excluding hydrogens is 268 g/mol. The summed E-state index contributed by atoms with van der Waals surface area (Å²) in [5, 5.41) is 7.99. The minimum absolute atomic E-state index is 0.0639. The summed E-state index contributed by atoms with van der Waals surface area (Å²) in [7, 11) is -3.65. The van der Waals surface area contributed by atoms with Crippen LogP contribution in [0.1, 0.15) is 26.7 Å². The quantitative estimate of drug-likeness (QED) is 0.585. The van der Waals surface area contributed by atoms with E-state index < -0.39 is 10.2 Å². The van der Waals surface area contributed by atoms with Gasteiger partial charge in [-0.3, -0.25) is 4.79 Å². The fraction of sp³-hybridized carbons (Fsp3) is 0.909. The van der Waals surface area contributed by atoms with E-state index in [1.165, 1.54) is 0 Å². The van der Waals surface area contributed by atoms with Gasteiger partial charge in [0, 0.05) is 25.7 Å². The molecule has 0 aromatic rings. The van der Waals surface area contributed by atoms with Crippen LogP contribution in [0, 0.1) is 5.92 Å². The second-order valence-electron chi connectivity index (χ2n) is 5.28. The molecule has 1 rings (SSSR count). The predicted molar refractivity (Wildman–Crippen MR) is 73.6 cm³/mol. The van der Waals surface area contributed by atoms with Crippen LogP contribution in [0.5, 0.6) is 0 Å². The minimum Gasteiger partial charge on any atom is -0.341 e. The van der Waals surface area contributed by atoms with Crippen molar-refractivity contribution in [2.75, 3.05) is 26.2 Å². The second-order valence-corrected chi connectivity index (χ2v) is 6.66. The Morgan fingerprint density at radius 2 is 2.16 bits per heavy atom. The van der Waals surface area contributed by atoms with Crippen LogP contribution in [0.25, 0.3) is 0 Å². The summed E-state index contributed by atoms with van der Waals surface area (Å²) in [6.07, 6.45) is 1.80. The Bertz CT molecular complexity index is 397. The lowest BCUT2D eigenvalue weighted by molar-refractivity contribution is -0.132. The molecule has 0 saturated carbocycles. The van der Waals surface area contributed by atoms with Gasteiger partial charge in [-0.25, -0.2) is 9.86 Å². The third-order valence-corrected chi connectivity index (χ3v) is 3.68. The van der Waals surface area contributed by atoms with E-state index in [0.29, 0.717) is 19.6 Å². The molecule has 112 valence electrons. The molecule has 0 aromatic carbocycles. The lowest BCUT2D eigenvalue weighted by atomic mass is 9.98. The Labute approximate surface area is 115 Å². The first-order chi connectivity index (χ1) is 8.78. The van der Waals surface area contributed by atoms with Crippen LogP contribution in [0.3, 0.4) is 0 Å². The molecule has 0 aromatic heterocycles. The lowest BCUT2D eigenvalue weighted by Gasteiger charge is -2.33. The van der Waals surface area contributed by atoms with Gasteiger partial charge in [-0.2, -0.15) is 8.42 Å². The zero-order valence-corrected chi connectivity index (χ0v) is 12.4. The zero-order chi connectivity index (χ0) is 14.5. The van der Waals surface area contributed by atoms with Gasteiger partial charge >= 0.3 is 0 Å². The summed E-state index contributed by atoms with van der Waals surface area (Å²) in [4.78, 5) is 13.7. The first-order valence-corrected chi connectivity index (χ1v) is 8.11.